The van der Waals surface area contributed by atoms with Crippen LogP contribution in [0.3, 0.4) is 0 Å². The number of anilines is 1. The third-order valence-corrected chi connectivity index (χ3v) is 4.41. The third kappa shape index (κ3) is 4.66. The predicted octanol–water partition coefficient (Wildman–Crippen LogP) is 2.49. The molecule has 2 N–H and O–H groups in total. The molecule has 0 unspecified atom stereocenters. The van der Waals surface area contributed by atoms with Crippen LogP contribution >= 0.6 is 0 Å². The summed E-state index contributed by atoms with van der Waals surface area (Å²) < 4.78 is 9.74. The van der Waals surface area contributed by atoms with Crippen molar-refractivity contribution in [3.8, 4) is 0 Å². The van der Waals surface area contributed by atoms with Crippen LogP contribution in [-0.4, -0.2) is 49.0 Å². The second kappa shape index (κ2) is 8.39. The first-order valence-electron chi connectivity index (χ1n) is 8.65. The Labute approximate surface area is 156 Å². The fourth-order valence-corrected chi connectivity index (χ4v) is 2.91. The first-order valence-corrected chi connectivity index (χ1v) is 8.65. The molecule has 3 amide bonds. The molecule has 1 aromatic heterocycles. The van der Waals surface area contributed by atoms with Crippen molar-refractivity contribution in [1.82, 2.24) is 10.2 Å². The van der Waals surface area contributed by atoms with Crippen LogP contribution in [0.25, 0.3) is 0 Å². The van der Waals surface area contributed by atoms with E-state index < -0.39 is 0 Å². The predicted molar refractivity (Wildman–Crippen MR) is 97.6 cm³/mol. The summed E-state index contributed by atoms with van der Waals surface area (Å²) in [6.07, 6.45) is 2.45. The van der Waals surface area contributed by atoms with Gasteiger partial charge in [0.05, 0.1) is 13.4 Å². The van der Waals surface area contributed by atoms with Crippen LogP contribution < -0.4 is 10.6 Å². The highest BCUT2D eigenvalue weighted by atomic mass is 16.5. The lowest BCUT2D eigenvalue weighted by atomic mass is 10.0. The fourth-order valence-electron chi connectivity index (χ4n) is 2.91. The summed E-state index contributed by atoms with van der Waals surface area (Å²) in [6, 6.07) is 9.84. The van der Waals surface area contributed by atoms with Gasteiger partial charge in [0, 0.05) is 30.4 Å². The molecule has 3 rings (SSSR count). The van der Waals surface area contributed by atoms with Crippen LogP contribution in [0.2, 0.25) is 0 Å². The van der Waals surface area contributed by atoms with Crippen LogP contribution in [0.15, 0.2) is 47.1 Å². The molecule has 1 aliphatic rings. The highest BCUT2D eigenvalue weighted by Gasteiger charge is 2.24. The van der Waals surface area contributed by atoms with E-state index in [9.17, 15) is 14.4 Å². The Balaban J connectivity index is 1.51. The lowest BCUT2D eigenvalue weighted by molar-refractivity contribution is 0.0891. The molecule has 1 fully saturated rings. The molecule has 2 heterocycles. The van der Waals surface area contributed by atoms with Crippen molar-refractivity contribution in [1.29, 1.82) is 0 Å². The zero-order valence-electron chi connectivity index (χ0n) is 14.9. The molecule has 8 nitrogen and oxygen atoms in total. The largest absolute Gasteiger partial charge is 0.459 e. The molecule has 0 radical (unpaired) electrons. The van der Waals surface area contributed by atoms with Gasteiger partial charge in [0.15, 0.2) is 5.76 Å². The molecule has 27 heavy (non-hydrogen) atoms. The Bertz CT molecular complexity index is 793. The molecule has 0 spiro atoms. The summed E-state index contributed by atoms with van der Waals surface area (Å²) >= 11 is 0. The molecule has 2 aromatic rings. The first kappa shape index (κ1) is 18.5. The number of amides is 3. The van der Waals surface area contributed by atoms with E-state index in [0.29, 0.717) is 37.2 Å². The van der Waals surface area contributed by atoms with Crippen molar-refractivity contribution in [3.05, 3.63) is 54.0 Å². The lowest BCUT2D eigenvalue weighted by Gasteiger charge is -2.31. The van der Waals surface area contributed by atoms with Crippen molar-refractivity contribution in [3.63, 3.8) is 0 Å². The topological polar surface area (TPSA) is 101 Å². The zero-order chi connectivity index (χ0) is 19.2. The van der Waals surface area contributed by atoms with E-state index >= 15 is 0 Å². The number of ether oxygens (including phenoxy) is 1. The Kier molecular flexibility index (Phi) is 5.75. The summed E-state index contributed by atoms with van der Waals surface area (Å²) in [5.74, 6) is -0.319. The van der Waals surface area contributed by atoms with E-state index in [1.54, 1.807) is 41.3 Å². The number of rotatable bonds is 4. The standard InChI is InChI=1S/C19H21N3O5/c1-26-19(25)22-10-8-15(9-11-22)20-17(23)13-4-6-14(7-5-13)21-18(24)16-3-2-12-27-16/h2-7,12,15H,8-11H2,1H3,(H,20,23)(H,21,24). The number of carbonyl (C=O) groups is 3. The van der Waals surface area contributed by atoms with Gasteiger partial charge >= 0.3 is 6.09 Å². The molecule has 0 saturated carbocycles. The van der Waals surface area contributed by atoms with Gasteiger partial charge in [-0.05, 0) is 49.2 Å². The van der Waals surface area contributed by atoms with E-state index in [1.165, 1.54) is 13.4 Å². The minimum absolute atomic E-state index is 0.0109. The Morgan fingerprint density at radius 1 is 1.07 bits per heavy atom. The SMILES string of the molecule is COC(=O)N1CCC(NC(=O)c2ccc(NC(=O)c3ccco3)cc2)CC1. The molecule has 142 valence electrons. The minimum atomic E-state index is -0.352. The number of benzene rings is 1. The Morgan fingerprint density at radius 2 is 1.78 bits per heavy atom. The normalized spacial score (nSPS) is 14.5. The third-order valence-electron chi connectivity index (χ3n) is 4.41. The van der Waals surface area contributed by atoms with Crippen LogP contribution in [-0.2, 0) is 4.74 Å². The van der Waals surface area contributed by atoms with Gasteiger partial charge in [-0.1, -0.05) is 0 Å². The average molecular weight is 371 g/mol. The number of nitrogens with zero attached hydrogens (tertiary/aromatic N) is 1. The van der Waals surface area contributed by atoms with E-state index in [1.807, 2.05) is 0 Å². The van der Waals surface area contributed by atoms with Crippen LogP contribution in [0.1, 0.15) is 33.8 Å². The summed E-state index contributed by atoms with van der Waals surface area (Å²) in [6.45, 7) is 1.10. The number of piperidine rings is 1. The van der Waals surface area contributed by atoms with Gasteiger partial charge < -0.3 is 24.7 Å². The zero-order valence-corrected chi connectivity index (χ0v) is 14.9. The van der Waals surface area contributed by atoms with Gasteiger partial charge in [0.1, 0.15) is 0 Å². The van der Waals surface area contributed by atoms with Gasteiger partial charge in [-0.3, -0.25) is 9.59 Å². The van der Waals surface area contributed by atoms with Gasteiger partial charge in [0.25, 0.3) is 11.8 Å². The molecule has 8 heteroatoms. The monoisotopic (exact) mass is 371 g/mol. The molecule has 0 bridgehead atoms. The number of hydrogen-bond donors (Lipinski definition) is 2. The van der Waals surface area contributed by atoms with Crippen molar-refractivity contribution >= 4 is 23.6 Å². The maximum Gasteiger partial charge on any atom is 0.409 e. The van der Waals surface area contributed by atoms with Crippen LogP contribution in [0.4, 0.5) is 10.5 Å². The van der Waals surface area contributed by atoms with Crippen LogP contribution in [0, 0.1) is 0 Å². The highest BCUT2D eigenvalue weighted by Crippen LogP contribution is 2.14. The number of carbonyl (C=O) groups excluding carboxylic acids is 3. The van der Waals surface area contributed by atoms with Gasteiger partial charge in [-0.25, -0.2) is 4.79 Å². The van der Waals surface area contributed by atoms with E-state index in [2.05, 4.69) is 10.6 Å². The van der Waals surface area contributed by atoms with Gasteiger partial charge in [0.2, 0.25) is 0 Å². The molecular formula is C19H21N3O5. The minimum Gasteiger partial charge on any atom is -0.459 e. The quantitative estimate of drug-likeness (QED) is 0.860. The van der Waals surface area contributed by atoms with Crippen molar-refractivity contribution in [2.45, 2.75) is 18.9 Å². The van der Waals surface area contributed by atoms with E-state index in [-0.39, 0.29) is 29.7 Å². The van der Waals surface area contributed by atoms with Gasteiger partial charge in [-0.2, -0.15) is 0 Å². The highest BCUT2D eigenvalue weighted by molar-refractivity contribution is 6.02. The van der Waals surface area contributed by atoms with Crippen LogP contribution in [0.5, 0.6) is 0 Å². The summed E-state index contributed by atoms with van der Waals surface area (Å²) in [7, 11) is 1.36. The maximum atomic E-state index is 12.4. The van der Waals surface area contributed by atoms with Crippen molar-refractivity contribution < 1.29 is 23.5 Å². The number of methoxy groups -OCH3 is 1. The molecule has 1 aromatic carbocycles. The fraction of sp³-hybridized carbons (Fsp3) is 0.316. The van der Waals surface area contributed by atoms with E-state index in [4.69, 9.17) is 9.15 Å². The van der Waals surface area contributed by atoms with Crippen molar-refractivity contribution in [2.24, 2.45) is 0 Å². The number of nitrogens with one attached hydrogen (secondary N) is 2. The Hall–Kier alpha value is -3.29. The molecule has 1 saturated heterocycles. The summed E-state index contributed by atoms with van der Waals surface area (Å²) in [4.78, 5) is 37.4. The number of likely N-dealkylation sites (tertiary alicyclic amines) is 1. The maximum absolute atomic E-state index is 12.4. The molecule has 1 aliphatic heterocycles. The molecule has 0 atom stereocenters. The van der Waals surface area contributed by atoms with Gasteiger partial charge in [-0.15, -0.1) is 0 Å². The number of hydrogen-bond acceptors (Lipinski definition) is 5. The second-order valence-corrected chi connectivity index (χ2v) is 6.21. The second-order valence-electron chi connectivity index (χ2n) is 6.21. The average Bonchev–Trinajstić information content (AvgIpc) is 3.23. The number of furan rings is 1. The Morgan fingerprint density at radius 3 is 2.37 bits per heavy atom. The van der Waals surface area contributed by atoms with Crippen molar-refractivity contribution in [2.75, 3.05) is 25.5 Å². The summed E-state index contributed by atoms with van der Waals surface area (Å²) in [5, 5.41) is 5.67. The first-order chi connectivity index (χ1) is 13.1. The summed E-state index contributed by atoms with van der Waals surface area (Å²) in [5.41, 5.74) is 1.07. The molecular weight excluding hydrogens is 350 g/mol. The smallest absolute Gasteiger partial charge is 0.409 e. The molecule has 0 aliphatic carbocycles. The lowest BCUT2D eigenvalue weighted by Crippen LogP contribution is -2.46. The van der Waals surface area contributed by atoms with E-state index in [0.717, 1.165) is 0 Å².